The van der Waals surface area contributed by atoms with E-state index < -0.39 is 6.10 Å². The summed E-state index contributed by atoms with van der Waals surface area (Å²) in [4.78, 5) is 16.3. The Hall–Kier alpha value is -2.03. The third-order valence-corrected chi connectivity index (χ3v) is 6.64. The van der Waals surface area contributed by atoms with Gasteiger partial charge in [0.05, 0.1) is 17.2 Å². The lowest BCUT2D eigenvalue weighted by atomic mass is 10.1. The molecule has 4 N–H and O–H groups in total. The number of nitrogens with one attached hydrogen (secondary N) is 3. The normalized spacial score (nSPS) is 19.4. The van der Waals surface area contributed by atoms with Crippen molar-refractivity contribution in [3.8, 4) is 0 Å². The standard InChI is InChI=1S/C23H31Cl2N5O2/c1-15-22(25)19(28-27-15)14-30(3)23(32)17-6-4-16(5-7-17)10-11-26-12-20(31)18-8-9-21(24)29(2)13-18/h4-9,19-20,26-28,31H,10-14H2,1-3H3. The Morgan fingerprint density at radius 2 is 2.03 bits per heavy atom. The Morgan fingerprint density at radius 1 is 1.31 bits per heavy atom. The van der Waals surface area contributed by atoms with Gasteiger partial charge in [0.1, 0.15) is 5.16 Å². The zero-order chi connectivity index (χ0) is 23.3. The number of hydrogen-bond donors (Lipinski definition) is 4. The highest BCUT2D eigenvalue weighted by molar-refractivity contribution is 6.30. The number of hydrazine groups is 1. The summed E-state index contributed by atoms with van der Waals surface area (Å²) >= 11 is 12.3. The monoisotopic (exact) mass is 479 g/mol. The van der Waals surface area contributed by atoms with Crippen LogP contribution in [0.4, 0.5) is 0 Å². The minimum atomic E-state index is -0.550. The van der Waals surface area contributed by atoms with Gasteiger partial charge in [-0.15, -0.1) is 0 Å². The third-order valence-electron chi connectivity index (χ3n) is 5.68. The number of halogens is 2. The van der Waals surface area contributed by atoms with E-state index in [0.29, 0.717) is 35.4 Å². The van der Waals surface area contributed by atoms with Crippen molar-refractivity contribution in [2.75, 3.05) is 40.3 Å². The zero-order valence-electron chi connectivity index (χ0n) is 18.7. The Bertz CT molecular complexity index is 913. The Morgan fingerprint density at radius 3 is 2.66 bits per heavy atom. The van der Waals surface area contributed by atoms with Gasteiger partial charge in [-0.3, -0.25) is 4.79 Å². The Balaban J connectivity index is 1.42. The molecule has 2 atom stereocenters. The maximum Gasteiger partial charge on any atom is 0.253 e. The highest BCUT2D eigenvalue weighted by atomic mass is 35.5. The van der Waals surface area contributed by atoms with Crippen molar-refractivity contribution in [2.24, 2.45) is 0 Å². The van der Waals surface area contributed by atoms with Crippen LogP contribution in [0.2, 0.25) is 0 Å². The molecule has 2 heterocycles. The van der Waals surface area contributed by atoms with E-state index in [9.17, 15) is 9.90 Å². The van der Waals surface area contributed by atoms with Crippen molar-refractivity contribution in [3.63, 3.8) is 0 Å². The summed E-state index contributed by atoms with van der Waals surface area (Å²) in [5, 5.41) is 15.0. The molecule has 1 aromatic carbocycles. The molecule has 1 aromatic rings. The first-order valence-corrected chi connectivity index (χ1v) is 11.4. The van der Waals surface area contributed by atoms with Crippen LogP contribution in [0, 0.1) is 0 Å². The number of nitrogens with zero attached hydrogens (tertiary/aromatic N) is 2. The zero-order valence-corrected chi connectivity index (χ0v) is 20.2. The molecule has 174 valence electrons. The number of hydrogen-bond acceptors (Lipinski definition) is 6. The largest absolute Gasteiger partial charge is 0.387 e. The van der Waals surface area contributed by atoms with Crippen molar-refractivity contribution in [1.29, 1.82) is 0 Å². The van der Waals surface area contributed by atoms with Crippen molar-refractivity contribution in [2.45, 2.75) is 25.5 Å². The minimum Gasteiger partial charge on any atom is -0.387 e. The number of aliphatic hydroxyl groups excluding tert-OH is 1. The number of aliphatic hydroxyl groups is 1. The molecule has 2 aliphatic rings. The molecule has 2 unspecified atom stereocenters. The van der Waals surface area contributed by atoms with Gasteiger partial charge in [-0.05, 0) is 49.2 Å². The molecule has 0 spiro atoms. The molecular weight excluding hydrogens is 449 g/mol. The van der Waals surface area contributed by atoms with Crippen LogP contribution in [0.5, 0.6) is 0 Å². The quantitative estimate of drug-likeness (QED) is 0.321. The molecule has 0 saturated carbocycles. The van der Waals surface area contributed by atoms with Crippen molar-refractivity contribution in [1.82, 2.24) is 26.0 Å². The van der Waals surface area contributed by atoms with Crippen LogP contribution in [-0.2, 0) is 6.42 Å². The highest BCUT2D eigenvalue weighted by Gasteiger charge is 2.24. The highest BCUT2D eigenvalue weighted by Crippen LogP contribution is 2.19. The molecule has 9 heteroatoms. The van der Waals surface area contributed by atoms with E-state index in [1.54, 1.807) is 18.0 Å². The summed E-state index contributed by atoms with van der Waals surface area (Å²) in [7, 11) is 3.67. The maximum absolute atomic E-state index is 12.7. The van der Waals surface area contributed by atoms with Crippen LogP contribution in [0.1, 0.15) is 22.8 Å². The maximum atomic E-state index is 12.7. The third kappa shape index (κ3) is 6.27. The summed E-state index contributed by atoms with van der Waals surface area (Å²) in [6, 6.07) is 7.54. The van der Waals surface area contributed by atoms with Crippen LogP contribution < -0.4 is 16.2 Å². The Labute approximate surface area is 199 Å². The molecule has 7 nitrogen and oxygen atoms in total. The van der Waals surface area contributed by atoms with Gasteiger partial charge in [0.2, 0.25) is 0 Å². The molecule has 3 rings (SSSR count). The van der Waals surface area contributed by atoms with E-state index >= 15 is 0 Å². The second kappa shape index (κ2) is 11.2. The number of benzene rings is 1. The van der Waals surface area contributed by atoms with Gasteiger partial charge in [0.15, 0.2) is 0 Å². The Kier molecular flexibility index (Phi) is 8.62. The fourth-order valence-electron chi connectivity index (χ4n) is 3.62. The topological polar surface area (TPSA) is 79.9 Å². The first kappa shape index (κ1) is 24.6. The van der Waals surface area contributed by atoms with Gasteiger partial charge in [-0.1, -0.05) is 41.4 Å². The summed E-state index contributed by atoms with van der Waals surface area (Å²) in [5.41, 5.74) is 9.65. The van der Waals surface area contributed by atoms with Gasteiger partial charge < -0.3 is 25.6 Å². The molecule has 1 amide bonds. The number of likely N-dealkylation sites (N-methyl/N-ethyl adjacent to an activating group) is 2. The fraction of sp³-hybridized carbons (Fsp3) is 0.435. The number of amides is 1. The van der Waals surface area contributed by atoms with E-state index in [0.717, 1.165) is 29.8 Å². The average molecular weight is 480 g/mol. The summed E-state index contributed by atoms with van der Waals surface area (Å²) in [6.07, 6.45) is 3.94. The number of allylic oxidation sites excluding steroid dienone is 3. The van der Waals surface area contributed by atoms with Crippen LogP contribution >= 0.6 is 23.2 Å². The molecule has 0 aromatic heterocycles. The molecular formula is C23H31Cl2N5O2. The molecule has 0 bridgehead atoms. The second-order valence-electron chi connectivity index (χ2n) is 8.23. The van der Waals surface area contributed by atoms with Gasteiger partial charge in [-0.2, -0.15) is 0 Å². The SMILES string of the molecule is CC1=C(Cl)C(CN(C)C(=O)c2ccc(CCNCC(O)C3=CC=C(Cl)N(C)C3)cc2)NN1. The van der Waals surface area contributed by atoms with Gasteiger partial charge in [-0.25, -0.2) is 5.43 Å². The van der Waals surface area contributed by atoms with Gasteiger partial charge in [0.25, 0.3) is 5.91 Å². The predicted octanol–water partition coefficient (Wildman–Crippen LogP) is 2.15. The first-order valence-electron chi connectivity index (χ1n) is 10.6. The fourth-order valence-corrected chi connectivity index (χ4v) is 3.91. The van der Waals surface area contributed by atoms with Crippen LogP contribution in [-0.4, -0.2) is 73.2 Å². The van der Waals surface area contributed by atoms with Gasteiger partial charge in [0, 0.05) is 45.0 Å². The predicted molar refractivity (Wildman–Crippen MR) is 129 cm³/mol. The number of rotatable bonds is 9. The molecule has 0 fully saturated rings. The van der Waals surface area contributed by atoms with Gasteiger partial charge >= 0.3 is 0 Å². The molecule has 32 heavy (non-hydrogen) atoms. The second-order valence-corrected chi connectivity index (χ2v) is 9.03. The minimum absolute atomic E-state index is 0.0477. The van der Waals surface area contributed by atoms with Crippen LogP contribution in [0.25, 0.3) is 0 Å². The van der Waals surface area contributed by atoms with E-state index in [-0.39, 0.29) is 11.9 Å². The smallest absolute Gasteiger partial charge is 0.253 e. The van der Waals surface area contributed by atoms with Crippen LogP contribution in [0.3, 0.4) is 0 Å². The molecule has 2 aliphatic heterocycles. The van der Waals surface area contributed by atoms with Crippen molar-refractivity contribution >= 4 is 29.1 Å². The van der Waals surface area contributed by atoms with Crippen LogP contribution in [0.15, 0.2) is 57.9 Å². The number of carbonyl (C=O) groups is 1. The van der Waals surface area contributed by atoms with Crippen molar-refractivity contribution in [3.05, 3.63) is 69.0 Å². The molecule has 0 aliphatic carbocycles. The lowest BCUT2D eigenvalue weighted by Gasteiger charge is -2.26. The summed E-state index contributed by atoms with van der Waals surface area (Å²) in [5.74, 6) is -0.0477. The average Bonchev–Trinajstić information content (AvgIpc) is 3.10. The molecule has 0 radical (unpaired) electrons. The molecule has 0 saturated heterocycles. The van der Waals surface area contributed by atoms with E-state index in [1.807, 2.05) is 49.2 Å². The van der Waals surface area contributed by atoms with E-state index in [2.05, 4.69) is 16.2 Å². The van der Waals surface area contributed by atoms with Crippen molar-refractivity contribution < 1.29 is 9.90 Å². The van der Waals surface area contributed by atoms with E-state index in [4.69, 9.17) is 23.2 Å². The lowest BCUT2D eigenvalue weighted by molar-refractivity contribution is 0.0787. The number of carbonyl (C=O) groups excluding carboxylic acids is 1. The summed E-state index contributed by atoms with van der Waals surface area (Å²) in [6.45, 7) is 4.20. The van der Waals surface area contributed by atoms with E-state index in [1.165, 1.54) is 0 Å². The lowest BCUT2D eigenvalue weighted by Crippen LogP contribution is -2.42. The summed E-state index contributed by atoms with van der Waals surface area (Å²) < 4.78 is 0. The first-order chi connectivity index (χ1) is 15.3.